The number of hydrogen-bond acceptors (Lipinski definition) is 3. The van der Waals surface area contributed by atoms with Crippen molar-refractivity contribution in [2.75, 3.05) is 0 Å². The van der Waals surface area contributed by atoms with Crippen LogP contribution in [0.15, 0.2) is 29.1 Å². The summed E-state index contributed by atoms with van der Waals surface area (Å²) in [7, 11) is 0. The van der Waals surface area contributed by atoms with Crippen molar-refractivity contribution >= 4 is 5.71 Å². The standard InChI is InChI=1S/C12H20N2O/c13-11-9-7-5-3-1-2-4-6-8-10-12(11)14-15/h5,7,9,15H,1-4,6,8,10,13H2. The van der Waals surface area contributed by atoms with E-state index in [-0.39, 0.29) is 0 Å². The molecule has 0 aromatic carbocycles. The van der Waals surface area contributed by atoms with E-state index in [2.05, 4.69) is 11.2 Å². The van der Waals surface area contributed by atoms with Crippen molar-refractivity contribution in [3.63, 3.8) is 0 Å². The maximum atomic E-state index is 8.81. The van der Waals surface area contributed by atoms with E-state index in [0.29, 0.717) is 11.4 Å². The zero-order valence-electron chi connectivity index (χ0n) is 9.15. The van der Waals surface area contributed by atoms with Gasteiger partial charge in [-0.1, -0.05) is 36.6 Å². The Morgan fingerprint density at radius 2 is 1.87 bits per heavy atom. The Kier molecular flexibility index (Phi) is 5.59. The maximum absolute atomic E-state index is 8.81. The number of allylic oxidation sites excluding steroid dienone is 4. The molecule has 0 aromatic heterocycles. The molecule has 0 aromatic rings. The molecule has 0 amide bonds. The highest BCUT2D eigenvalue weighted by Crippen LogP contribution is 2.11. The van der Waals surface area contributed by atoms with Crippen molar-refractivity contribution in [3.05, 3.63) is 23.9 Å². The number of rotatable bonds is 0. The molecule has 0 radical (unpaired) electrons. The third-order valence-corrected chi connectivity index (χ3v) is 2.65. The van der Waals surface area contributed by atoms with Gasteiger partial charge in [-0.25, -0.2) is 0 Å². The zero-order valence-corrected chi connectivity index (χ0v) is 9.15. The summed E-state index contributed by atoms with van der Waals surface area (Å²) in [5.74, 6) is 0. The molecule has 0 aliphatic heterocycles. The molecular formula is C12H20N2O. The van der Waals surface area contributed by atoms with Crippen LogP contribution in [0, 0.1) is 0 Å². The first-order valence-electron chi connectivity index (χ1n) is 5.68. The summed E-state index contributed by atoms with van der Waals surface area (Å²) < 4.78 is 0. The minimum absolute atomic E-state index is 0.578. The zero-order chi connectivity index (χ0) is 10.9. The Balaban J connectivity index is 2.63. The van der Waals surface area contributed by atoms with Crippen LogP contribution in [-0.4, -0.2) is 10.9 Å². The molecule has 84 valence electrons. The number of nitrogens with zero attached hydrogens (tertiary/aromatic N) is 1. The highest BCUT2D eigenvalue weighted by atomic mass is 16.4. The Morgan fingerprint density at radius 3 is 2.67 bits per heavy atom. The molecule has 0 heterocycles. The molecule has 0 fully saturated rings. The van der Waals surface area contributed by atoms with Crippen molar-refractivity contribution in [2.24, 2.45) is 10.9 Å². The van der Waals surface area contributed by atoms with Crippen LogP contribution in [0.3, 0.4) is 0 Å². The SMILES string of the molecule is NC1=CC=CCCCCCCCC1=NO. The lowest BCUT2D eigenvalue weighted by molar-refractivity contribution is 0.317. The second-order valence-corrected chi connectivity index (χ2v) is 3.90. The smallest absolute Gasteiger partial charge is 0.102 e. The average Bonchev–Trinajstić information content (AvgIpc) is 2.23. The van der Waals surface area contributed by atoms with Gasteiger partial charge in [0.25, 0.3) is 0 Å². The van der Waals surface area contributed by atoms with Crippen LogP contribution in [0.5, 0.6) is 0 Å². The fraction of sp³-hybridized carbons (Fsp3) is 0.583. The van der Waals surface area contributed by atoms with Crippen molar-refractivity contribution < 1.29 is 5.21 Å². The number of nitrogens with two attached hydrogens (primary N) is 1. The highest BCUT2D eigenvalue weighted by Gasteiger charge is 2.03. The van der Waals surface area contributed by atoms with Crippen molar-refractivity contribution in [3.8, 4) is 0 Å². The predicted molar refractivity (Wildman–Crippen MR) is 63.0 cm³/mol. The maximum Gasteiger partial charge on any atom is 0.102 e. The van der Waals surface area contributed by atoms with E-state index in [1.54, 1.807) is 0 Å². The second-order valence-electron chi connectivity index (χ2n) is 3.90. The number of oxime groups is 1. The molecule has 1 aliphatic rings. The molecule has 0 saturated heterocycles. The molecule has 3 nitrogen and oxygen atoms in total. The quantitative estimate of drug-likeness (QED) is 0.475. The predicted octanol–water partition coefficient (Wildman–Crippen LogP) is 2.96. The number of hydrogen-bond donors (Lipinski definition) is 2. The molecule has 3 N–H and O–H groups in total. The topological polar surface area (TPSA) is 58.6 Å². The third-order valence-electron chi connectivity index (χ3n) is 2.65. The van der Waals surface area contributed by atoms with Gasteiger partial charge >= 0.3 is 0 Å². The Morgan fingerprint density at radius 1 is 1.13 bits per heavy atom. The summed E-state index contributed by atoms with van der Waals surface area (Å²) in [5.41, 5.74) is 6.98. The lowest BCUT2D eigenvalue weighted by atomic mass is 10.0. The van der Waals surface area contributed by atoms with E-state index in [4.69, 9.17) is 10.9 Å². The van der Waals surface area contributed by atoms with Crippen molar-refractivity contribution in [1.29, 1.82) is 0 Å². The van der Waals surface area contributed by atoms with Crippen LogP contribution in [-0.2, 0) is 0 Å². The molecule has 15 heavy (non-hydrogen) atoms. The van der Waals surface area contributed by atoms with Gasteiger partial charge in [0.15, 0.2) is 0 Å². The van der Waals surface area contributed by atoms with Crippen molar-refractivity contribution in [2.45, 2.75) is 44.9 Å². The molecule has 0 unspecified atom stereocenters. The Bertz CT molecular complexity index is 267. The first kappa shape index (κ1) is 11.8. The van der Waals surface area contributed by atoms with Crippen LogP contribution in [0.25, 0.3) is 0 Å². The molecule has 1 rings (SSSR count). The average molecular weight is 208 g/mol. The minimum atomic E-state index is 0.578. The summed E-state index contributed by atoms with van der Waals surface area (Å²) >= 11 is 0. The van der Waals surface area contributed by atoms with Gasteiger partial charge in [-0.3, -0.25) is 0 Å². The van der Waals surface area contributed by atoms with Gasteiger partial charge in [-0.2, -0.15) is 0 Å². The molecule has 1 aliphatic carbocycles. The molecule has 0 atom stereocenters. The molecule has 0 spiro atoms. The summed E-state index contributed by atoms with van der Waals surface area (Å²) in [6.45, 7) is 0. The van der Waals surface area contributed by atoms with Crippen LogP contribution in [0.4, 0.5) is 0 Å². The van der Waals surface area contributed by atoms with Crippen LogP contribution < -0.4 is 5.73 Å². The fourth-order valence-electron chi connectivity index (χ4n) is 1.70. The Hall–Kier alpha value is -1.25. The summed E-state index contributed by atoms with van der Waals surface area (Å²) in [6.07, 6.45) is 13.8. The highest BCUT2D eigenvalue weighted by molar-refractivity contribution is 5.99. The van der Waals surface area contributed by atoms with E-state index in [1.807, 2.05) is 12.2 Å². The fourth-order valence-corrected chi connectivity index (χ4v) is 1.70. The van der Waals surface area contributed by atoms with E-state index < -0.39 is 0 Å². The third kappa shape index (κ3) is 4.68. The van der Waals surface area contributed by atoms with Crippen LogP contribution in [0.1, 0.15) is 44.9 Å². The van der Waals surface area contributed by atoms with Crippen molar-refractivity contribution in [1.82, 2.24) is 0 Å². The van der Waals surface area contributed by atoms with Gasteiger partial charge in [-0.05, 0) is 31.8 Å². The van der Waals surface area contributed by atoms with E-state index in [0.717, 1.165) is 19.3 Å². The van der Waals surface area contributed by atoms with Gasteiger partial charge in [0.2, 0.25) is 0 Å². The summed E-state index contributed by atoms with van der Waals surface area (Å²) in [6, 6.07) is 0. The van der Waals surface area contributed by atoms with Gasteiger partial charge in [0.05, 0.1) is 5.70 Å². The van der Waals surface area contributed by atoms with Gasteiger partial charge in [-0.15, -0.1) is 0 Å². The molecule has 3 heteroatoms. The first-order valence-corrected chi connectivity index (χ1v) is 5.68. The lowest BCUT2D eigenvalue weighted by Crippen LogP contribution is -2.11. The van der Waals surface area contributed by atoms with Gasteiger partial charge in [0.1, 0.15) is 5.71 Å². The molecular weight excluding hydrogens is 188 g/mol. The monoisotopic (exact) mass is 208 g/mol. The van der Waals surface area contributed by atoms with Crippen LogP contribution >= 0.6 is 0 Å². The van der Waals surface area contributed by atoms with E-state index in [1.165, 1.54) is 25.7 Å². The van der Waals surface area contributed by atoms with E-state index >= 15 is 0 Å². The first-order chi connectivity index (χ1) is 7.34. The minimum Gasteiger partial charge on any atom is -0.411 e. The van der Waals surface area contributed by atoms with E-state index in [9.17, 15) is 0 Å². The second kappa shape index (κ2) is 7.10. The largest absolute Gasteiger partial charge is 0.411 e. The van der Waals surface area contributed by atoms with Crippen LogP contribution in [0.2, 0.25) is 0 Å². The van der Waals surface area contributed by atoms with Gasteiger partial charge in [0, 0.05) is 0 Å². The van der Waals surface area contributed by atoms with Gasteiger partial charge < -0.3 is 10.9 Å². The Labute approximate surface area is 91.4 Å². The normalized spacial score (nSPS) is 22.9. The molecule has 0 bridgehead atoms. The lowest BCUT2D eigenvalue weighted by Gasteiger charge is -2.05. The summed E-state index contributed by atoms with van der Waals surface area (Å²) in [5, 5.41) is 12.1. The summed E-state index contributed by atoms with van der Waals surface area (Å²) in [4.78, 5) is 0. The molecule has 0 saturated carbocycles.